The van der Waals surface area contributed by atoms with Crippen molar-refractivity contribution < 1.29 is 10.2 Å². The summed E-state index contributed by atoms with van der Waals surface area (Å²) >= 11 is 1.57. The van der Waals surface area contributed by atoms with Gasteiger partial charge in [0.15, 0.2) is 0 Å². The maximum Gasteiger partial charge on any atom is 0.119 e. The molecule has 1 aromatic carbocycles. The van der Waals surface area contributed by atoms with Gasteiger partial charge in [0.2, 0.25) is 0 Å². The Morgan fingerprint density at radius 2 is 1.69 bits per heavy atom. The molecule has 0 saturated heterocycles. The summed E-state index contributed by atoms with van der Waals surface area (Å²) in [5.74, 6) is 0.0476. The second-order valence-electron chi connectivity index (χ2n) is 3.32. The molecule has 0 unspecified atom stereocenters. The smallest absolute Gasteiger partial charge is 0.119 e. The van der Waals surface area contributed by atoms with Gasteiger partial charge in [-0.1, -0.05) is 0 Å². The van der Waals surface area contributed by atoms with Crippen molar-refractivity contribution in [1.82, 2.24) is 0 Å². The molecule has 0 saturated carbocycles. The number of phenolic OH excluding ortho intramolecular Hbond substituents is 2. The van der Waals surface area contributed by atoms with Crippen molar-refractivity contribution in [2.24, 2.45) is 5.73 Å². The molecule has 0 bridgehead atoms. The molecule has 0 aliphatic heterocycles. The van der Waals surface area contributed by atoms with Gasteiger partial charge in [0.1, 0.15) is 11.5 Å². The predicted octanol–water partition coefficient (Wildman–Crippen LogP) is 2.63. The number of aromatic hydroxyl groups is 2. The van der Waals surface area contributed by atoms with Crippen LogP contribution in [0.15, 0.2) is 35.0 Å². The zero-order valence-corrected chi connectivity index (χ0v) is 9.96. The van der Waals surface area contributed by atoms with E-state index in [1.807, 2.05) is 16.8 Å². The Labute approximate surface area is 104 Å². The molecular formula is C11H12ClNO2S. The minimum atomic E-state index is -0.311. The first-order valence-corrected chi connectivity index (χ1v) is 5.41. The van der Waals surface area contributed by atoms with Gasteiger partial charge >= 0.3 is 0 Å². The topological polar surface area (TPSA) is 66.5 Å². The molecule has 0 aliphatic rings. The molecule has 86 valence electrons. The van der Waals surface area contributed by atoms with E-state index in [-0.39, 0.29) is 29.9 Å². The van der Waals surface area contributed by atoms with Crippen LogP contribution in [-0.2, 0) is 0 Å². The minimum Gasteiger partial charge on any atom is -0.508 e. The molecule has 0 aliphatic carbocycles. The van der Waals surface area contributed by atoms with Crippen LogP contribution in [-0.4, -0.2) is 10.2 Å². The largest absolute Gasteiger partial charge is 0.508 e. The molecule has 0 spiro atoms. The van der Waals surface area contributed by atoms with E-state index >= 15 is 0 Å². The lowest BCUT2D eigenvalue weighted by Crippen LogP contribution is -2.10. The molecule has 1 atom stereocenters. The summed E-state index contributed by atoms with van der Waals surface area (Å²) in [6, 6.07) is 6.01. The monoisotopic (exact) mass is 257 g/mol. The Morgan fingerprint density at radius 3 is 2.19 bits per heavy atom. The summed E-state index contributed by atoms with van der Waals surface area (Å²) in [5, 5.41) is 22.5. The van der Waals surface area contributed by atoms with Crippen LogP contribution < -0.4 is 5.73 Å². The minimum absolute atomic E-state index is 0. The van der Waals surface area contributed by atoms with Crippen molar-refractivity contribution >= 4 is 23.7 Å². The fourth-order valence-corrected chi connectivity index (χ4v) is 2.14. The Balaban J connectivity index is 0.00000128. The highest BCUT2D eigenvalue weighted by molar-refractivity contribution is 7.08. The Bertz CT molecular complexity index is 439. The average Bonchev–Trinajstić information content (AvgIpc) is 2.67. The molecule has 3 nitrogen and oxygen atoms in total. The van der Waals surface area contributed by atoms with Gasteiger partial charge in [0.25, 0.3) is 0 Å². The van der Waals surface area contributed by atoms with Crippen LogP contribution in [0.5, 0.6) is 11.5 Å². The molecule has 1 aromatic heterocycles. The third kappa shape index (κ3) is 2.66. The summed E-state index contributed by atoms with van der Waals surface area (Å²) in [6.45, 7) is 0. The SMILES string of the molecule is Cl.N[C@H](c1ccsc1)c1cc(O)cc(O)c1. The van der Waals surface area contributed by atoms with Gasteiger partial charge in [0.05, 0.1) is 6.04 Å². The molecule has 1 heterocycles. The zero-order chi connectivity index (χ0) is 10.8. The van der Waals surface area contributed by atoms with E-state index in [9.17, 15) is 10.2 Å². The zero-order valence-electron chi connectivity index (χ0n) is 8.33. The Morgan fingerprint density at radius 1 is 1.06 bits per heavy atom. The standard InChI is InChI=1S/C11H11NO2S.ClH/c12-11(7-1-2-15-6-7)8-3-9(13)5-10(14)4-8;/h1-6,11,13-14H,12H2;1H/t11-;/m1./s1. The molecule has 16 heavy (non-hydrogen) atoms. The molecule has 5 heteroatoms. The van der Waals surface area contributed by atoms with Crippen LogP contribution in [0, 0.1) is 0 Å². The number of hydrogen-bond acceptors (Lipinski definition) is 4. The van der Waals surface area contributed by atoms with Gasteiger partial charge in [-0.2, -0.15) is 11.3 Å². The quantitative estimate of drug-likeness (QED) is 0.775. The van der Waals surface area contributed by atoms with Crippen LogP contribution >= 0.6 is 23.7 Å². The molecule has 4 N–H and O–H groups in total. The lowest BCUT2D eigenvalue weighted by Gasteiger charge is -2.11. The summed E-state index contributed by atoms with van der Waals surface area (Å²) in [4.78, 5) is 0. The number of phenols is 2. The van der Waals surface area contributed by atoms with Gasteiger partial charge < -0.3 is 15.9 Å². The van der Waals surface area contributed by atoms with E-state index in [2.05, 4.69) is 0 Å². The highest BCUT2D eigenvalue weighted by atomic mass is 35.5. The fourth-order valence-electron chi connectivity index (χ4n) is 1.44. The van der Waals surface area contributed by atoms with E-state index in [0.29, 0.717) is 5.56 Å². The molecule has 0 radical (unpaired) electrons. The van der Waals surface area contributed by atoms with Crippen molar-refractivity contribution in [2.75, 3.05) is 0 Å². The van der Waals surface area contributed by atoms with Crippen molar-refractivity contribution in [3.8, 4) is 11.5 Å². The number of benzene rings is 1. The van der Waals surface area contributed by atoms with E-state index in [1.54, 1.807) is 23.5 Å². The number of nitrogens with two attached hydrogens (primary N) is 1. The van der Waals surface area contributed by atoms with Crippen molar-refractivity contribution in [1.29, 1.82) is 0 Å². The first-order chi connectivity index (χ1) is 7.16. The molecule has 2 rings (SSSR count). The van der Waals surface area contributed by atoms with Gasteiger partial charge in [-0.25, -0.2) is 0 Å². The summed E-state index contributed by atoms with van der Waals surface area (Å²) in [6.07, 6.45) is 0. The molecule has 0 amide bonds. The third-order valence-corrected chi connectivity index (χ3v) is 2.89. The Hall–Kier alpha value is -1.23. The van der Waals surface area contributed by atoms with Crippen molar-refractivity contribution in [3.05, 3.63) is 46.2 Å². The van der Waals surface area contributed by atoms with Crippen LogP contribution in [0.3, 0.4) is 0 Å². The lowest BCUT2D eigenvalue weighted by atomic mass is 10.0. The van der Waals surface area contributed by atoms with Gasteiger partial charge in [-0.15, -0.1) is 12.4 Å². The van der Waals surface area contributed by atoms with Gasteiger partial charge in [-0.3, -0.25) is 0 Å². The fraction of sp³-hybridized carbons (Fsp3) is 0.0909. The van der Waals surface area contributed by atoms with Crippen LogP contribution in [0.4, 0.5) is 0 Å². The number of thiophene rings is 1. The van der Waals surface area contributed by atoms with Crippen molar-refractivity contribution in [3.63, 3.8) is 0 Å². The highest BCUT2D eigenvalue weighted by Crippen LogP contribution is 2.28. The molecule has 2 aromatic rings. The number of rotatable bonds is 2. The van der Waals surface area contributed by atoms with Gasteiger partial charge in [0, 0.05) is 6.07 Å². The second kappa shape index (κ2) is 5.21. The maximum absolute atomic E-state index is 9.33. The van der Waals surface area contributed by atoms with Crippen LogP contribution in [0.2, 0.25) is 0 Å². The second-order valence-corrected chi connectivity index (χ2v) is 4.10. The Kier molecular flexibility index (Phi) is 4.18. The first kappa shape index (κ1) is 12.8. The lowest BCUT2D eigenvalue weighted by molar-refractivity contribution is 0.448. The molecular weight excluding hydrogens is 246 g/mol. The molecule has 0 fully saturated rings. The van der Waals surface area contributed by atoms with Crippen LogP contribution in [0.25, 0.3) is 0 Å². The number of hydrogen-bond donors (Lipinski definition) is 3. The van der Waals surface area contributed by atoms with E-state index in [4.69, 9.17) is 5.73 Å². The summed E-state index contributed by atoms with van der Waals surface area (Å²) in [7, 11) is 0. The predicted molar refractivity (Wildman–Crippen MR) is 67.4 cm³/mol. The first-order valence-electron chi connectivity index (χ1n) is 4.47. The summed E-state index contributed by atoms with van der Waals surface area (Å²) < 4.78 is 0. The van der Waals surface area contributed by atoms with E-state index in [1.165, 1.54) is 6.07 Å². The third-order valence-electron chi connectivity index (χ3n) is 2.19. The highest BCUT2D eigenvalue weighted by Gasteiger charge is 2.10. The maximum atomic E-state index is 9.33. The van der Waals surface area contributed by atoms with E-state index < -0.39 is 0 Å². The normalized spacial score (nSPS) is 11.8. The summed E-state index contributed by atoms with van der Waals surface area (Å²) in [5.41, 5.74) is 7.66. The van der Waals surface area contributed by atoms with Crippen molar-refractivity contribution in [2.45, 2.75) is 6.04 Å². The van der Waals surface area contributed by atoms with Gasteiger partial charge in [-0.05, 0) is 40.1 Å². The van der Waals surface area contributed by atoms with E-state index in [0.717, 1.165) is 5.56 Å². The average molecular weight is 258 g/mol. The number of halogens is 1. The van der Waals surface area contributed by atoms with Crippen LogP contribution in [0.1, 0.15) is 17.2 Å².